The van der Waals surface area contributed by atoms with E-state index >= 15 is 0 Å². The van der Waals surface area contributed by atoms with Gasteiger partial charge in [0.25, 0.3) is 0 Å². The van der Waals surface area contributed by atoms with Crippen molar-refractivity contribution in [3.05, 3.63) is 67.3 Å². The van der Waals surface area contributed by atoms with Crippen LogP contribution in [0.3, 0.4) is 0 Å². The van der Waals surface area contributed by atoms with Crippen molar-refractivity contribution in [2.45, 2.75) is 19.9 Å². The van der Waals surface area contributed by atoms with Crippen LogP contribution in [-0.2, 0) is 0 Å². The van der Waals surface area contributed by atoms with E-state index in [1.54, 1.807) is 12.1 Å². The van der Waals surface area contributed by atoms with Gasteiger partial charge in [0.05, 0.1) is 10.5 Å². The highest BCUT2D eigenvalue weighted by molar-refractivity contribution is 9.10. The Morgan fingerprint density at radius 2 is 1.68 bits per heavy atom. The fourth-order valence-corrected chi connectivity index (χ4v) is 2.88. The van der Waals surface area contributed by atoms with Gasteiger partial charge in [0.1, 0.15) is 5.82 Å². The molecule has 0 amide bonds. The molecule has 100 valence electrons. The van der Waals surface area contributed by atoms with Crippen LogP contribution in [0.5, 0.6) is 0 Å². The van der Waals surface area contributed by atoms with Crippen molar-refractivity contribution in [2.75, 3.05) is 0 Å². The highest BCUT2D eigenvalue weighted by atomic mass is 79.9. The summed E-state index contributed by atoms with van der Waals surface area (Å²) in [5, 5.41) is 0. The van der Waals surface area contributed by atoms with Crippen LogP contribution >= 0.6 is 31.9 Å². The second kappa shape index (κ2) is 5.73. The Hall–Kier alpha value is -0.710. The minimum atomic E-state index is -0.278. The largest absolute Gasteiger partial charge is 0.320 e. The first-order valence-electron chi connectivity index (χ1n) is 5.87. The van der Waals surface area contributed by atoms with E-state index in [1.807, 2.05) is 13.8 Å². The van der Waals surface area contributed by atoms with Gasteiger partial charge in [0, 0.05) is 4.47 Å². The standard InChI is InChI=1S/C15H14Br2FN/c1-8-6-12(16)9(2)5-11(8)15(19)10-3-4-14(18)13(17)7-10/h3-7,15H,19H2,1-2H3. The average Bonchev–Trinajstić information content (AvgIpc) is 2.36. The number of aryl methyl sites for hydroxylation is 2. The maximum Gasteiger partial charge on any atom is 0.137 e. The van der Waals surface area contributed by atoms with Crippen LogP contribution in [0.15, 0.2) is 39.3 Å². The lowest BCUT2D eigenvalue weighted by atomic mass is 9.94. The van der Waals surface area contributed by atoms with E-state index in [2.05, 4.69) is 44.0 Å². The van der Waals surface area contributed by atoms with Gasteiger partial charge in [-0.05, 0) is 70.2 Å². The minimum Gasteiger partial charge on any atom is -0.320 e. The second-order valence-electron chi connectivity index (χ2n) is 4.61. The molecule has 2 aromatic carbocycles. The minimum absolute atomic E-state index is 0.260. The lowest BCUT2D eigenvalue weighted by Gasteiger charge is -2.17. The van der Waals surface area contributed by atoms with Gasteiger partial charge in [0.2, 0.25) is 0 Å². The number of hydrogen-bond acceptors (Lipinski definition) is 1. The zero-order valence-corrected chi connectivity index (χ0v) is 13.8. The van der Waals surface area contributed by atoms with Crippen molar-refractivity contribution in [2.24, 2.45) is 5.73 Å². The molecule has 1 unspecified atom stereocenters. The summed E-state index contributed by atoms with van der Waals surface area (Å²) in [6, 6.07) is 8.76. The molecule has 0 aliphatic rings. The number of benzene rings is 2. The Balaban J connectivity index is 2.46. The van der Waals surface area contributed by atoms with E-state index in [1.165, 1.54) is 6.07 Å². The van der Waals surface area contributed by atoms with E-state index in [4.69, 9.17) is 5.73 Å². The van der Waals surface area contributed by atoms with Crippen LogP contribution in [-0.4, -0.2) is 0 Å². The topological polar surface area (TPSA) is 26.0 Å². The molecule has 0 saturated carbocycles. The van der Waals surface area contributed by atoms with Crippen LogP contribution in [0.25, 0.3) is 0 Å². The molecule has 0 spiro atoms. The summed E-state index contributed by atoms with van der Waals surface area (Å²) in [5.74, 6) is -0.278. The van der Waals surface area contributed by atoms with E-state index in [9.17, 15) is 4.39 Å². The summed E-state index contributed by atoms with van der Waals surface area (Å²) in [4.78, 5) is 0. The van der Waals surface area contributed by atoms with E-state index < -0.39 is 0 Å². The monoisotopic (exact) mass is 385 g/mol. The predicted molar refractivity (Wildman–Crippen MR) is 83.7 cm³/mol. The molecular weight excluding hydrogens is 373 g/mol. The van der Waals surface area contributed by atoms with Crippen LogP contribution in [0.4, 0.5) is 4.39 Å². The third-order valence-electron chi connectivity index (χ3n) is 3.19. The van der Waals surface area contributed by atoms with Crippen molar-refractivity contribution >= 4 is 31.9 Å². The molecular formula is C15H14Br2FN. The maximum absolute atomic E-state index is 13.3. The molecule has 1 atom stereocenters. The molecule has 0 fully saturated rings. The first-order chi connectivity index (χ1) is 8.90. The summed E-state index contributed by atoms with van der Waals surface area (Å²) in [5.41, 5.74) is 10.5. The normalized spacial score (nSPS) is 12.5. The number of rotatable bonds is 2. The fraction of sp³-hybridized carbons (Fsp3) is 0.200. The highest BCUT2D eigenvalue weighted by Gasteiger charge is 2.14. The van der Waals surface area contributed by atoms with E-state index in [-0.39, 0.29) is 11.9 Å². The summed E-state index contributed by atoms with van der Waals surface area (Å²) >= 11 is 6.70. The summed E-state index contributed by atoms with van der Waals surface area (Å²) in [6.45, 7) is 4.05. The predicted octanol–water partition coefficient (Wildman–Crippen LogP) is 5.02. The SMILES string of the molecule is Cc1cc(C(N)c2ccc(F)c(Br)c2)c(C)cc1Br. The molecule has 2 rings (SSSR count). The van der Waals surface area contributed by atoms with Crippen molar-refractivity contribution in [3.63, 3.8) is 0 Å². The van der Waals surface area contributed by atoms with E-state index in [0.717, 1.165) is 26.7 Å². The molecule has 0 heterocycles. The Labute approximate surface area is 129 Å². The van der Waals surface area contributed by atoms with Gasteiger partial charge >= 0.3 is 0 Å². The molecule has 0 bridgehead atoms. The van der Waals surface area contributed by atoms with Gasteiger partial charge in [-0.3, -0.25) is 0 Å². The van der Waals surface area contributed by atoms with Crippen molar-refractivity contribution in [1.82, 2.24) is 0 Å². The quantitative estimate of drug-likeness (QED) is 0.770. The molecule has 1 nitrogen and oxygen atoms in total. The van der Waals surface area contributed by atoms with Crippen molar-refractivity contribution in [3.8, 4) is 0 Å². The van der Waals surface area contributed by atoms with Crippen LogP contribution in [0.1, 0.15) is 28.3 Å². The Morgan fingerprint density at radius 3 is 2.32 bits per heavy atom. The Kier molecular flexibility index (Phi) is 4.43. The lowest BCUT2D eigenvalue weighted by molar-refractivity contribution is 0.619. The van der Waals surface area contributed by atoms with E-state index in [0.29, 0.717) is 4.47 Å². The molecule has 19 heavy (non-hydrogen) atoms. The van der Waals surface area contributed by atoms with Crippen LogP contribution in [0, 0.1) is 19.7 Å². The van der Waals surface area contributed by atoms with Crippen molar-refractivity contribution in [1.29, 1.82) is 0 Å². The Bertz CT molecular complexity index is 626. The smallest absolute Gasteiger partial charge is 0.137 e. The molecule has 2 N–H and O–H groups in total. The number of hydrogen-bond donors (Lipinski definition) is 1. The second-order valence-corrected chi connectivity index (χ2v) is 6.32. The molecule has 2 aromatic rings. The summed E-state index contributed by atoms with van der Waals surface area (Å²) in [6.07, 6.45) is 0. The van der Waals surface area contributed by atoms with Gasteiger partial charge in [0.15, 0.2) is 0 Å². The molecule has 0 aliphatic carbocycles. The number of nitrogens with two attached hydrogens (primary N) is 1. The highest BCUT2D eigenvalue weighted by Crippen LogP contribution is 2.29. The molecule has 0 aliphatic heterocycles. The van der Waals surface area contributed by atoms with Crippen LogP contribution in [0.2, 0.25) is 0 Å². The lowest BCUT2D eigenvalue weighted by Crippen LogP contribution is -2.13. The first kappa shape index (κ1) is 14.7. The first-order valence-corrected chi connectivity index (χ1v) is 7.46. The van der Waals surface area contributed by atoms with Gasteiger partial charge < -0.3 is 5.73 Å². The third-order valence-corrected chi connectivity index (χ3v) is 4.65. The zero-order chi connectivity index (χ0) is 14.2. The van der Waals surface area contributed by atoms with Gasteiger partial charge in [-0.15, -0.1) is 0 Å². The maximum atomic E-state index is 13.3. The average molecular weight is 387 g/mol. The van der Waals surface area contributed by atoms with Crippen molar-refractivity contribution < 1.29 is 4.39 Å². The fourth-order valence-electron chi connectivity index (χ4n) is 2.02. The van der Waals surface area contributed by atoms with Gasteiger partial charge in [-0.1, -0.05) is 28.1 Å². The molecule has 4 heteroatoms. The van der Waals surface area contributed by atoms with Crippen LogP contribution < -0.4 is 5.73 Å². The van der Waals surface area contributed by atoms with Gasteiger partial charge in [-0.25, -0.2) is 4.39 Å². The Morgan fingerprint density at radius 1 is 1.00 bits per heavy atom. The number of halogens is 3. The zero-order valence-electron chi connectivity index (χ0n) is 10.7. The third kappa shape index (κ3) is 3.07. The molecule has 0 aromatic heterocycles. The van der Waals surface area contributed by atoms with Gasteiger partial charge in [-0.2, -0.15) is 0 Å². The molecule has 0 saturated heterocycles. The summed E-state index contributed by atoms with van der Waals surface area (Å²) < 4.78 is 14.8. The summed E-state index contributed by atoms with van der Waals surface area (Å²) in [7, 11) is 0. The molecule has 0 radical (unpaired) electrons.